The van der Waals surface area contributed by atoms with Crippen LogP contribution in [0.2, 0.25) is 5.02 Å². The molecule has 4 rings (SSSR count). The molecule has 0 N–H and O–H groups in total. The summed E-state index contributed by atoms with van der Waals surface area (Å²) in [6.07, 6.45) is 2.15. The van der Waals surface area contributed by atoms with E-state index in [1.54, 1.807) is 12.1 Å². The molecule has 0 saturated carbocycles. The first-order chi connectivity index (χ1) is 14.7. The van der Waals surface area contributed by atoms with Crippen molar-refractivity contribution in [2.45, 2.75) is 39.0 Å². The SMILES string of the molecule is CCc1ccc([C@@H]2N(Cc3ccccc3F)CCCN2Cc2ccccc2Cl)cc1. The van der Waals surface area contributed by atoms with Gasteiger partial charge < -0.3 is 0 Å². The summed E-state index contributed by atoms with van der Waals surface area (Å²) in [5.74, 6) is -0.138. The average molecular weight is 423 g/mol. The molecule has 0 radical (unpaired) electrons. The van der Waals surface area contributed by atoms with Crippen LogP contribution in [0.15, 0.2) is 72.8 Å². The largest absolute Gasteiger partial charge is 0.280 e. The van der Waals surface area contributed by atoms with Crippen molar-refractivity contribution in [3.05, 3.63) is 106 Å². The Bertz CT molecular complexity index is 917. The molecule has 1 aliphatic heterocycles. The molecule has 0 bridgehead atoms. The third-order valence-electron chi connectivity index (χ3n) is 5.93. The monoisotopic (exact) mass is 422 g/mol. The van der Waals surface area contributed by atoms with Crippen LogP contribution in [-0.2, 0) is 19.5 Å². The van der Waals surface area contributed by atoms with Gasteiger partial charge in [-0.2, -0.15) is 0 Å². The van der Waals surface area contributed by atoms with Crippen molar-refractivity contribution in [3.8, 4) is 0 Å². The number of rotatable bonds is 6. The van der Waals surface area contributed by atoms with Crippen molar-refractivity contribution in [2.24, 2.45) is 0 Å². The lowest BCUT2D eigenvalue weighted by atomic mass is 10.0. The number of hydrogen-bond acceptors (Lipinski definition) is 2. The van der Waals surface area contributed by atoms with Crippen molar-refractivity contribution in [1.82, 2.24) is 9.80 Å². The second-order valence-electron chi connectivity index (χ2n) is 7.95. The van der Waals surface area contributed by atoms with Crippen LogP contribution in [0.5, 0.6) is 0 Å². The van der Waals surface area contributed by atoms with Gasteiger partial charge in [0.25, 0.3) is 0 Å². The Morgan fingerprint density at radius 3 is 2.07 bits per heavy atom. The molecule has 1 fully saturated rings. The molecule has 1 heterocycles. The Kier molecular flexibility index (Phi) is 6.83. The van der Waals surface area contributed by atoms with Crippen molar-refractivity contribution >= 4 is 11.6 Å². The van der Waals surface area contributed by atoms with Gasteiger partial charge in [-0.1, -0.05) is 79.2 Å². The molecule has 0 aliphatic carbocycles. The lowest BCUT2D eigenvalue weighted by molar-refractivity contribution is -0.00963. The third-order valence-corrected chi connectivity index (χ3v) is 6.30. The molecule has 3 aromatic rings. The van der Waals surface area contributed by atoms with E-state index in [1.165, 1.54) is 11.1 Å². The molecule has 0 unspecified atom stereocenters. The van der Waals surface area contributed by atoms with Gasteiger partial charge in [0.05, 0.1) is 6.17 Å². The molecular weight excluding hydrogens is 395 g/mol. The van der Waals surface area contributed by atoms with Gasteiger partial charge in [0.1, 0.15) is 5.82 Å². The maximum atomic E-state index is 14.4. The second-order valence-corrected chi connectivity index (χ2v) is 8.35. The summed E-state index contributed by atoms with van der Waals surface area (Å²) < 4.78 is 14.4. The average Bonchev–Trinajstić information content (AvgIpc) is 2.77. The Labute approximate surface area is 183 Å². The minimum atomic E-state index is -0.138. The second kappa shape index (κ2) is 9.74. The summed E-state index contributed by atoms with van der Waals surface area (Å²) in [5, 5.41) is 0.795. The predicted molar refractivity (Wildman–Crippen MR) is 122 cm³/mol. The summed E-state index contributed by atoms with van der Waals surface area (Å²) in [4.78, 5) is 4.85. The van der Waals surface area contributed by atoms with E-state index < -0.39 is 0 Å². The van der Waals surface area contributed by atoms with Crippen molar-refractivity contribution in [2.75, 3.05) is 13.1 Å². The van der Waals surface area contributed by atoms with Crippen LogP contribution < -0.4 is 0 Å². The zero-order chi connectivity index (χ0) is 20.9. The van der Waals surface area contributed by atoms with E-state index in [4.69, 9.17) is 11.6 Å². The summed E-state index contributed by atoms with van der Waals surface area (Å²) in [6, 6.07) is 24.0. The van der Waals surface area contributed by atoms with Crippen molar-refractivity contribution in [3.63, 3.8) is 0 Å². The van der Waals surface area contributed by atoms with Crippen LogP contribution in [0.3, 0.4) is 0 Å². The fraction of sp³-hybridized carbons (Fsp3) is 0.308. The molecule has 1 saturated heterocycles. The van der Waals surface area contributed by atoms with E-state index in [2.05, 4.69) is 47.1 Å². The van der Waals surface area contributed by atoms with E-state index in [0.717, 1.165) is 48.6 Å². The van der Waals surface area contributed by atoms with Crippen LogP contribution in [0.25, 0.3) is 0 Å². The number of hydrogen-bond donors (Lipinski definition) is 0. The molecule has 1 atom stereocenters. The van der Waals surface area contributed by atoms with Crippen LogP contribution >= 0.6 is 11.6 Å². The van der Waals surface area contributed by atoms with Gasteiger partial charge in [0, 0.05) is 36.8 Å². The summed E-state index contributed by atoms with van der Waals surface area (Å²) in [6.45, 7) is 5.45. The molecular formula is C26H28ClFN2. The Morgan fingerprint density at radius 1 is 0.833 bits per heavy atom. The Balaban J connectivity index is 1.67. The van der Waals surface area contributed by atoms with Gasteiger partial charge in [0.2, 0.25) is 0 Å². The number of halogens is 2. The van der Waals surface area contributed by atoms with E-state index in [-0.39, 0.29) is 12.0 Å². The van der Waals surface area contributed by atoms with E-state index in [1.807, 2.05) is 30.3 Å². The molecule has 0 amide bonds. The molecule has 1 aliphatic rings. The predicted octanol–water partition coefficient (Wildman–Crippen LogP) is 6.45. The fourth-order valence-corrected chi connectivity index (χ4v) is 4.52. The van der Waals surface area contributed by atoms with Crippen LogP contribution in [0, 0.1) is 5.82 Å². The molecule has 2 nitrogen and oxygen atoms in total. The van der Waals surface area contributed by atoms with Gasteiger partial charge in [-0.15, -0.1) is 0 Å². The lowest BCUT2D eigenvalue weighted by Gasteiger charge is -2.44. The number of benzene rings is 3. The highest BCUT2D eigenvalue weighted by Gasteiger charge is 2.31. The normalized spacial score (nSPS) is 17.9. The smallest absolute Gasteiger partial charge is 0.127 e. The molecule has 156 valence electrons. The van der Waals surface area contributed by atoms with Crippen molar-refractivity contribution in [1.29, 1.82) is 0 Å². The molecule has 0 aromatic heterocycles. The first kappa shape index (κ1) is 21.0. The minimum Gasteiger partial charge on any atom is -0.280 e. The maximum Gasteiger partial charge on any atom is 0.127 e. The molecule has 0 spiro atoms. The number of nitrogens with zero attached hydrogens (tertiary/aromatic N) is 2. The van der Waals surface area contributed by atoms with Gasteiger partial charge in [0.15, 0.2) is 0 Å². The quantitative estimate of drug-likeness (QED) is 0.450. The van der Waals surface area contributed by atoms with Gasteiger partial charge in [-0.25, -0.2) is 4.39 Å². The van der Waals surface area contributed by atoms with Crippen LogP contribution in [0.4, 0.5) is 4.39 Å². The van der Waals surface area contributed by atoms with E-state index in [0.29, 0.717) is 6.54 Å². The summed E-state index contributed by atoms with van der Waals surface area (Å²) in [7, 11) is 0. The summed E-state index contributed by atoms with van der Waals surface area (Å²) >= 11 is 6.47. The van der Waals surface area contributed by atoms with E-state index >= 15 is 0 Å². The fourth-order valence-electron chi connectivity index (χ4n) is 4.32. The third kappa shape index (κ3) is 4.75. The topological polar surface area (TPSA) is 6.48 Å². The van der Waals surface area contributed by atoms with Crippen molar-refractivity contribution < 1.29 is 4.39 Å². The highest BCUT2D eigenvalue weighted by atomic mass is 35.5. The Hall–Kier alpha value is -2.20. The lowest BCUT2D eigenvalue weighted by Crippen LogP contribution is -2.47. The molecule has 30 heavy (non-hydrogen) atoms. The first-order valence-corrected chi connectivity index (χ1v) is 11.1. The molecule has 3 aromatic carbocycles. The molecule has 4 heteroatoms. The van der Waals surface area contributed by atoms with E-state index in [9.17, 15) is 4.39 Å². The first-order valence-electron chi connectivity index (χ1n) is 10.7. The maximum absolute atomic E-state index is 14.4. The minimum absolute atomic E-state index is 0.0838. The number of aryl methyl sites for hydroxylation is 1. The zero-order valence-corrected chi connectivity index (χ0v) is 18.2. The summed E-state index contributed by atoms with van der Waals surface area (Å²) in [5.41, 5.74) is 4.44. The van der Waals surface area contributed by atoms with Gasteiger partial charge >= 0.3 is 0 Å². The highest BCUT2D eigenvalue weighted by Crippen LogP contribution is 2.33. The van der Waals surface area contributed by atoms with Gasteiger partial charge in [-0.3, -0.25) is 9.80 Å². The van der Waals surface area contributed by atoms with Crippen LogP contribution in [0.1, 0.15) is 41.8 Å². The van der Waals surface area contributed by atoms with Crippen LogP contribution in [-0.4, -0.2) is 22.9 Å². The highest BCUT2D eigenvalue weighted by molar-refractivity contribution is 6.31. The Morgan fingerprint density at radius 2 is 1.43 bits per heavy atom. The van der Waals surface area contributed by atoms with Gasteiger partial charge in [-0.05, 0) is 41.7 Å². The zero-order valence-electron chi connectivity index (χ0n) is 17.4. The standard InChI is InChI=1S/C26H28ClFN2/c1-2-20-12-14-21(15-13-20)26-29(18-22-8-3-5-10-24(22)27)16-7-17-30(26)19-23-9-4-6-11-25(23)28/h3-6,8-15,26H,2,7,16-19H2,1H3/t26-/m0/s1.